The minimum atomic E-state index is 0.781. The quantitative estimate of drug-likeness (QED) is 0.616. The van der Waals surface area contributed by atoms with Gasteiger partial charge in [-0.25, -0.2) is 0 Å². The lowest BCUT2D eigenvalue weighted by Gasteiger charge is -2.38. The van der Waals surface area contributed by atoms with E-state index in [0.29, 0.717) is 0 Å². The van der Waals surface area contributed by atoms with Gasteiger partial charge in [-0.1, -0.05) is 13.8 Å². The second-order valence-corrected chi connectivity index (χ2v) is 4.53. The fraction of sp³-hybridized carbons (Fsp3) is 1.00. The van der Waals surface area contributed by atoms with Crippen molar-refractivity contribution >= 4 is 0 Å². The molecule has 0 amide bonds. The highest BCUT2D eigenvalue weighted by molar-refractivity contribution is 4.78. The van der Waals surface area contributed by atoms with Gasteiger partial charge in [0.05, 0.1) is 0 Å². The summed E-state index contributed by atoms with van der Waals surface area (Å²) in [5.41, 5.74) is 0. The van der Waals surface area contributed by atoms with Crippen LogP contribution in [-0.4, -0.2) is 49.6 Å². The van der Waals surface area contributed by atoms with Gasteiger partial charge in [0.15, 0.2) is 0 Å². The number of nitrogens with zero attached hydrogens (tertiary/aromatic N) is 2. The summed E-state index contributed by atoms with van der Waals surface area (Å²) in [6.07, 6.45) is 1.33. The van der Waals surface area contributed by atoms with Gasteiger partial charge < -0.3 is 9.80 Å². The smallest absolute Gasteiger partial charge is 0.0222 e. The maximum Gasteiger partial charge on any atom is 0.0222 e. The van der Waals surface area contributed by atoms with E-state index < -0.39 is 0 Å². The van der Waals surface area contributed by atoms with Crippen molar-refractivity contribution in [1.82, 2.24) is 9.80 Å². The topological polar surface area (TPSA) is 6.48 Å². The van der Waals surface area contributed by atoms with Gasteiger partial charge in [0.2, 0.25) is 0 Å². The van der Waals surface area contributed by atoms with Gasteiger partial charge in [0.1, 0.15) is 0 Å². The van der Waals surface area contributed by atoms with E-state index in [4.69, 9.17) is 0 Å². The Labute approximate surface area is 76.5 Å². The molecule has 1 unspecified atom stereocenters. The lowest BCUT2D eigenvalue weighted by Crippen LogP contribution is -2.50. The molecule has 1 rings (SSSR count). The van der Waals surface area contributed by atoms with E-state index in [1.807, 2.05) is 0 Å². The van der Waals surface area contributed by atoms with Crippen molar-refractivity contribution in [3.63, 3.8) is 0 Å². The Bertz CT molecular complexity index is 132. The van der Waals surface area contributed by atoms with Crippen LogP contribution in [-0.2, 0) is 0 Å². The SMILES string of the molecule is CC(C)CC1CN(C)CCN1C. The lowest BCUT2D eigenvalue weighted by molar-refractivity contribution is 0.100. The molecule has 0 radical (unpaired) electrons. The molecule has 0 aromatic carbocycles. The second-order valence-electron chi connectivity index (χ2n) is 4.53. The van der Waals surface area contributed by atoms with Gasteiger partial charge in [-0.15, -0.1) is 0 Å². The maximum absolute atomic E-state index is 2.50. The average Bonchev–Trinajstić information content (AvgIpc) is 1.96. The zero-order valence-electron chi connectivity index (χ0n) is 8.88. The first-order chi connectivity index (χ1) is 5.59. The standard InChI is InChI=1S/C10H22N2/c1-9(2)7-10-8-11(3)5-6-12(10)4/h9-10H,5-8H2,1-4H3. The molecular formula is C10H22N2. The Morgan fingerprint density at radius 2 is 1.92 bits per heavy atom. The minimum absolute atomic E-state index is 0.781. The molecule has 0 bridgehead atoms. The van der Waals surface area contributed by atoms with E-state index in [-0.39, 0.29) is 0 Å². The summed E-state index contributed by atoms with van der Waals surface area (Å²) in [4.78, 5) is 4.94. The van der Waals surface area contributed by atoms with Crippen LogP contribution in [0.1, 0.15) is 20.3 Å². The molecule has 2 nitrogen and oxygen atoms in total. The first-order valence-corrected chi connectivity index (χ1v) is 4.98. The van der Waals surface area contributed by atoms with Gasteiger partial charge in [-0.05, 0) is 26.4 Å². The van der Waals surface area contributed by atoms with Crippen LogP contribution in [0.5, 0.6) is 0 Å². The van der Waals surface area contributed by atoms with Gasteiger partial charge in [-0.2, -0.15) is 0 Å². The van der Waals surface area contributed by atoms with E-state index in [1.54, 1.807) is 0 Å². The van der Waals surface area contributed by atoms with E-state index in [0.717, 1.165) is 12.0 Å². The molecule has 0 spiro atoms. The molecule has 1 saturated heterocycles. The summed E-state index contributed by atoms with van der Waals surface area (Å²) in [6.45, 7) is 8.32. The largest absolute Gasteiger partial charge is 0.304 e. The molecule has 0 aromatic heterocycles. The fourth-order valence-electron chi connectivity index (χ4n) is 1.90. The predicted octanol–water partition coefficient (Wildman–Crippen LogP) is 1.28. The van der Waals surface area contributed by atoms with E-state index in [1.165, 1.54) is 26.1 Å². The molecule has 1 aliphatic heterocycles. The normalized spacial score (nSPS) is 28.2. The maximum atomic E-state index is 2.50. The first-order valence-electron chi connectivity index (χ1n) is 4.98. The molecule has 1 atom stereocenters. The third kappa shape index (κ3) is 2.76. The summed E-state index contributed by atoms with van der Waals surface area (Å²) in [5.74, 6) is 0.823. The van der Waals surface area contributed by atoms with Crippen molar-refractivity contribution in [3.8, 4) is 0 Å². The van der Waals surface area contributed by atoms with Crippen LogP contribution < -0.4 is 0 Å². The van der Waals surface area contributed by atoms with Crippen molar-refractivity contribution in [2.24, 2.45) is 5.92 Å². The molecule has 0 saturated carbocycles. The van der Waals surface area contributed by atoms with Crippen molar-refractivity contribution in [2.75, 3.05) is 33.7 Å². The Morgan fingerprint density at radius 3 is 2.50 bits per heavy atom. The molecule has 0 aliphatic carbocycles. The molecule has 1 aliphatic rings. The summed E-state index contributed by atoms with van der Waals surface area (Å²) in [5, 5.41) is 0. The number of likely N-dealkylation sites (N-methyl/N-ethyl adjacent to an activating group) is 2. The van der Waals surface area contributed by atoms with Gasteiger partial charge in [0.25, 0.3) is 0 Å². The molecular weight excluding hydrogens is 148 g/mol. The molecule has 0 N–H and O–H groups in total. The average molecular weight is 170 g/mol. The number of rotatable bonds is 2. The minimum Gasteiger partial charge on any atom is -0.304 e. The molecule has 1 heterocycles. The van der Waals surface area contributed by atoms with Crippen molar-refractivity contribution in [3.05, 3.63) is 0 Å². The number of piperazine rings is 1. The highest BCUT2D eigenvalue weighted by Crippen LogP contribution is 2.14. The third-order valence-electron chi connectivity index (χ3n) is 2.72. The fourth-order valence-corrected chi connectivity index (χ4v) is 1.90. The summed E-state index contributed by atoms with van der Waals surface area (Å²) in [6, 6.07) is 0.781. The van der Waals surface area contributed by atoms with Crippen molar-refractivity contribution in [2.45, 2.75) is 26.3 Å². The van der Waals surface area contributed by atoms with E-state index >= 15 is 0 Å². The Hall–Kier alpha value is -0.0800. The summed E-state index contributed by atoms with van der Waals surface area (Å²) in [7, 11) is 4.47. The predicted molar refractivity (Wildman–Crippen MR) is 53.4 cm³/mol. The molecule has 12 heavy (non-hydrogen) atoms. The van der Waals surface area contributed by atoms with Gasteiger partial charge >= 0.3 is 0 Å². The van der Waals surface area contributed by atoms with Crippen LogP contribution in [0, 0.1) is 5.92 Å². The molecule has 72 valence electrons. The van der Waals surface area contributed by atoms with Crippen LogP contribution in [0.15, 0.2) is 0 Å². The monoisotopic (exact) mass is 170 g/mol. The zero-order valence-corrected chi connectivity index (χ0v) is 8.88. The Morgan fingerprint density at radius 1 is 1.25 bits per heavy atom. The van der Waals surface area contributed by atoms with Crippen LogP contribution in [0.3, 0.4) is 0 Å². The van der Waals surface area contributed by atoms with Crippen LogP contribution in [0.25, 0.3) is 0 Å². The van der Waals surface area contributed by atoms with Crippen molar-refractivity contribution < 1.29 is 0 Å². The van der Waals surface area contributed by atoms with E-state index in [9.17, 15) is 0 Å². The zero-order chi connectivity index (χ0) is 9.14. The van der Waals surface area contributed by atoms with Crippen LogP contribution >= 0.6 is 0 Å². The Balaban J connectivity index is 2.38. The number of hydrogen-bond acceptors (Lipinski definition) is 2. The molecule has 0 aromatic rings. The summed E-state index contributed by atoms with van der Waals surface area (Å²) >= 11 is 0. The molecule has 2 heteroatoms. The Kier molecular flexibility index (Phi) is 3.53. The summed E-state index contributed by atoms with van der Waals surface area (Å²) < 4.78 is 0. The third-order valence-corrected chi connectivity index (χ3v) is 2.72. The second kappa shape index (κ2) is 4.24. The van der Waals surface area contributed by atoms with Crippen LogP contribution in [0.4, 0.5) is 0 Å². The van der Waals surface area contributed by atoms with Gasteiger partial charge in [-0.3, -0.25) is 0 Å². The van der Waals surface area contributed by atoms with E-state index in [2.05, 4.69) is 37.7 Å². The number of hydrogen-bond donors (Lipinski definition) is 0. The lowest BCUT2D eigenvalue weighted by atomic mass is 10.0. The van der Waals surface area contributed by atoms with Crippen LogP contribution in [0.2, 0.25) is 0 Å². The van der Waals surface area contributed by atoms with Gasteiger partial charge in [0, 0.05) is 25.7 Å². The molecule has 1 fully saturated rings. The highest BCUT2D eigenvalue weighted by atomic mass is 15.3. The first kappa shape index (κ1) is 10.0. The highest BCUT2D eigenvalue weighted by Gasteiger charge is 2.22. The van der Waals surface area contributed by atoms with Crippen molar-refractivity contribution in [1.29, 1.82) is 0 Å².